The van der Waals surface area contributed by atoms with Gasteiger partial charge in [0.25, 0.3) is 0 Å². The Bertz CT molecular complexity index is 381. The first-order valence-electron chi connectivity index (χ1n) is 3.55. The van der Waals surface area contributed by atoms with Crippen molar-refractivity contribution in [2.24, 2.45) is 0 Å². The first-order valence-corrected chi connectivity index (χ1v) is 4.43. The Kier molecular flexibility index (Phi) is 2.05. The van der Waals surface area contributed by atoms with Crippen LogP contribution in [0.5, 0.6) is 0 Å². The van der Waals surface area contributed by atoms with Gasteiger partial charge in [-0.05, 0) is 0 Å². The molecule has 0 spiro atoms. The summed E-state index contributed by atoms with van der Waals surface area (Å²) in [6.45, 7) is 0. The highest BCUT2D eigenvalue weighted by Gasteiger charge is 2.04. The van der Waals surface area contributed by atoms with Gasteiger partial charge in [0.2, 0.25) is 0 Å². The van der Waals surface area contributed by atoms with Crippen molar-refractivity contribution in [2.45, 2.75) is 0 Å². The van der Waals surface area contributed by atoms with E-state index < -0.39 is 0 Å². The molecule has 5 nitrogen and oxygen atoms in total. The minimum atomic E-state index is -0.257. The summed E-state index contributed by atoms with van der Waals surface area (Å²) < 4.78 is 1.35. The van der Waals surface area contributed by atoms with Crippen molar-refractivity contribution in [1.29, 1.82) is 0 Å². The Morgan fingerprint density at radius 1 is 1.54 bits per heavy atom. The minimum absolute atomic E-state index is 0.257. The number of thiazole rings is 1. The van der Waals surface area contributed by atoms with Crippen molar-refractivity contribution < 1.29 is 4.79 Å². The van der Waals surface area contributed by atoms with Gasteiger partial charge in [-0.1, -0.05) is 0 Å². The van der Waals surface area contributed by atoms with E-state index in [1.54, 1.807) is 24.0 Å². The molecule has 0 saturated heterocycles. The number of amides is 1. The fourth-order valence-corrected chi connectivity index (χ4v) is 1.34. The molecule has 0 aliphatic carbocycles. The molecule has 0 saturated carbocycles. The van der Waals surface area contributed by atoms with Crippen LogP contribution in [0.3, 0.4) is 0 Å². The molecule has 0 bridgehead atoms. The van der Waals surface area contributed by atoms with Crippen LogP contribution in [0.2, 0.25) is 0 Å². The number of carbonyl (C=O) groups excluding carboxylic acids is 1. The fraction of sp³-hybridized carbons (Fsp3) is 0. The van der Waals surface area contributed by atoms with Gasteiger partial charge in [-0.2, -0.15) is 0 Å². The van der Waals surface area contributed by atoms with E-state index in [-0.39, 0.29) is 6.03 Å². The predicted molar refractivity (Wildman–Crippen MR) is 48.8 cm³/mol. The monoisotopic (exact) mass is 194 g/mol. The highest BCUT2D eigenvalue weighted by Crippen LogP contribution is 2.10. The maximum absolute atomic E-state index is 11.4. The summed E-state index contributed by atoms with van der Waals surface area (Å²) >= 11 is 1.37. The summed E-state index contributed by atoms with van der Waals surface area (Å²) in [5.74, 6) is 0. The van der Waals surface area contributed by atoms with Crippen LogP contribution >= 0.6 is 11.3 Å². The number of nitrogens with one attached hydrogen (secondary N) is 1. The van der Waals surface area contributed by atoms with E-state index in [1.807, 2.05) is 0 Å². The quantitative estimate of drug-likeness (QED) is 0.746. The van der Waals surface area contributed by atoms with Gasteiger partial charge >= 0.3 is 6.03 Å². The van der Waals surface area contributed by atoms with Crippen LogP contribution in [0, 0.1) is 0 Å². The minimum Gasteiger partial charge on any atom is -0.283 e. The zero-order valence-corrected chi connectivity index (χ0v) is 7.36. The molecule has 2 aromatic rings. The van der Waals surface area contributed by atoms with Crippen molar-refractivity contribution in [1.82, 2.24) is 14.5 Å². The topological polar surface area (TPSA) is 59.8 Å². The third-order valence-corrected chi connectivity index (χ3v) is 2.07. The average Bonchev–Trinajstić information content (AvgIpc) is 2.74. The second-order valence-electron chi connectivity index (χ2n) is 2.24. The lowest BCUT2D eigenvalue weighted by Crippen LogP contribution is -2.17. The summed E-state index contributed by atoms with van der Waals surface area (Å²) in [5, 5.41) is 4.99. The molecule has 1 N–H and O–H groups in total. The third-order valence-electron chi connectivity index (χ3n) is 1.39. The fourth-order valence-electron chi connectivity index (χ4n) is 0.820. The van der Waals surface area contributed by atoms with E-state index >= 15 is 0 Å². The Labute approximate surface area is 78.1 Å². The first kappa shape index (κ1) is 7.93. The molecule has 13 heavy (non-hydrogen) atoms. The lowest BCUT2D eigenvalue weighted by molar-refractivity contribution is 0.253. The van der Waals surface area contributed by atoms with Crippen LogP contribution < -0.4 is 5.32 Å². The lowest BCUT2D eigenvalue weighted by Gasteiger charge is -1.99. The van der Waals surface area contributed by atoms with Crippen LogP contribution in [0.4, 0.5) is 9.93 Å². The lowest BCUT2D eigenvalue weighted by atomic mass is 10.8. The summed E-state index contributed by atoms with van der Waals surface area (Å²) in [7, 11) is 0. The highest BCUT2D eigenvalue weighted by molar-refractivity contribution is 7.13. The molecule has 0 aliphatic rings. The van der Waals surface area contributed by atoms with Crippen molar-refractivity contribution in [3.63, 3.8) is 0 Å². The largest absolute Gasteiger partial charge is 0.333 e. The summed E-state index contributed by atoms with van der Waals surface area (Å²) in [4.78, 5) is 19.0. The Hall–Kier alpha value is -1.69. The van der Waals surface area contributed by atoms with Crippen LogP contribution in [-0.2, 0) is 0 Å². The number of nitrogens with zero attached hydrogens (tertiary/aromatic N) is 3. The van der Waals surface area contributed by atoms with E-state index in [4.69, 9.17) is 0 Å². The van der Waals surface area contributed by atoms with E-state index in [1.165, 1.54) is 22.2 Å². The van der Waals surface area contributed by atoms with Crippen molar-refractivity contribution >= 4 is 22.5 Å². The van der Waals surface area contributed by atoms with Gasteiger partial charge in [-0.25, -0.2) is 14.8 Å². The normalized spacial score (nSPS) is 9.85. The molecular formula is C7H6N4OS. The molecule has 0 aliphatic heterocycles. The zero-order valence-electron chi connectivity index (χ0n) is 6.54. The molecular weight excluding hydrogens is 188 g/mol. The van der Waals surface area contributed by atoms with Crippen LogP contribution in [-0.4, -0.2) is 20.6 Å². The molecule has 6 heteroatoms. The van der Waals surface area contributed by atoms with E-state index in [9.17, 15) is 4.79 Å². The SMILES string of the molecule is O=C(Nc1nccs1)n1ccnc1. The van der Waals surface area contributed by atoms with E-state index in [2.05, 4.69) is 15.3 Å². The summed E-state index contributed by atoms with van der Waals surface area (Å²) in [5.41, 5.74) is 0. The Morgan fingerprint density at radius 2 is 2.46 bits per heavy atom. The van der Waals surface area contributed by atoms with Gasteiger partial charge < -0.3 is 0 Å². The third kappa shape index (κ3) is 1.73. The van der Waals surface area contributed by atoms with Crippen LogP contribution in [0.1, 0.15) is 0 Å². The van der Waals surface area contributed by atoms with Gasteiger partial charge in [-0.3, -0.25) is 9.88 Å². The van der Waals surface area contributed by atoms with Gasteiger partial charge in [0.05, 0.1) is 0 Å². The number of aromatic nitrogens is 3. The molecule has 2 heterocycles. The van der Waals surface area contributed by atoms with Gasteiger partial charge in [-0.15, -0.1) is 11.3 Å². The predicted octanol–water partition coefficient (Wildman–Crippen LogP) is 1.42. The molecule has 0 radical (unpaired) electrons. The van der Waals surface area contributed by atoms with E-state index in [0.29, 0.717) is 5.13 Å². The number of rotatable bonds is 1. The standard InChI is InChI=1S/C7H6N4OS/c12-7(11-3-1-8-5-11)10-6-9-2-4-13-6/h1-5H,(H,9,10,12). The molecule has 2 rings (SSSR count). The number of imidazole rings is 1. The zero-order chi connectivity index (χ0) is 9.10. The van der Waals surface area contributed by atoms with Crippen molar-refractivity contribution in [3.05, 3.63) is 30.3 Å². The van der Waals surface area contributed by atoms with Gasteiger partial charge in [0.15, 0.2) is 5.13 Å². The second kappa shape index (κ2) is 3.36. The molecule has 0 atom stereocenters. The number of carbonyl (C=O) groups is 1. The maximum atomic E-state index is 11.4. The highest BCUT2D eigenvalue weighted by atomic mass is 32.1. The maximum Gasteiger partial charge on any atom is 0.333 e. The van der Waals surface area contributed by atoms with Gasteiger partial charge in [0, 0.05) is 24.0 Å². The molecule has 0 fully saturated rings. The van der Waals surface area contributed by atoms with Gasteiger partial charge in [0.1, 0.15) is 6.33 Å². The number of hydrogen-bond donors (Lipinski definition) is 1. The molecule has 1 amide bonds. The van der Waals surface area contributed by atoms with E-state index in [0.717, 1.165) is 0 Å². The van der Waals surface area contributed by atoms with Crippen molar-refractivity contribution in [3.8, 4) is 0 Å². The summed E-state index contributed by atoms with van der Waals surface area (Å²) in [6.07, 6.45) is 6.18. The molecule has 2 aromatic heterocycles. The second-order valence-corrected chi connectivity index (χ2v) is 3.13. The Morgan fingerprint density at radius 3 is 3.08 bits per heavy atom. The van der Waals surface area contributed by atoms with Crippen LogP contribution in [0.15, 0.2) is 30.3 Å². The number of anilines is 1. The number of hydrogen-bond acceptors (Lipinski definition) is 4. The molecule has 0 unspecified atom stereocenters. The average molecular weight is 194 g/mol. The summed E-state index contributed by atoms with van der Waals surface area (Å²) in [6, 6.07) is -0.257. The first-order chi connectivity index (χ1) is 6.36. The van der Waals surface area contributed by atoms with Crippen molar-refractivity contribution in [2.75, 3.05) is 5.32 Å². The van der Waals surface area contributed by atoms with Crippen LogP contribution in [0.25, 0.3) is 0 Å². The molecule has 66 valence electrons. The smallest absolute Gasteiger partial charge is 0.283 e. The molecule has 0 aromatic carbocycles. The Balaban J connectivity index is 2.08.